The lowest BCUT2D eigenvalue weighted by atomic mass is 9.97. The van der Waals surface area contributed by atoms with Gasteiger partial charge in [0, 0.05) is 0 Å². The fraction of sp³-hybridized carbons (Fsp3) is 0.950. The van der Waals surface area contributed by atoms with Gasteiger partial charge in [0.15, 0.2) is 0 Å². The standard InChI is InChI=1S/C40H78O4/c1-4-7-10-13-16-19-22-25-28-31-34-38(40(42)44-36-33-30-27-24-21-18-15-12-9-6-3)37-39(41)43-35-32-29-26-23-20-17-14-11-8-5-2/h38H,4-37H2,1-3H3. The highest BCUT2D eigenvalue weighted by atomic mass is 16.5. The molecule has 0 bridgehead atoms. The average Bonchev–Trinajstić information content (AvgIpc) is 3.02. The molecular formula is C40H78O4. The first-order valence-corrected chi connectivity index (χ1v) is 20.0. The number of hydrogen-bond donors (Lipinski definition) is 0. The van der Waals surface area contributed by atoms with E-state index in [2.05, 4.69) is 20.8 Å². The number of esters is 2. The second kappa shape index (κ2) is 36.4. The van der Waals surface area contributed by atoms with Crippen LogP contribution in [0.4, 0.5) is 0 Å². The first kappa shape index (κ1) is 42.9. The van der Waals surface area contributed by atoms with E-state index in [9.17, 15) is 9.59 Å². The Morgan fingerprint density at radius 2 is 0.682 bits per heavy atom. The van der Waals surface area contributed by atoms with Crippen molar-refractivity contribution in [1.29, 1.82) is 0 Å². The Bertz CT molecular complexity index is 590. The fourth-order valence-electron chi connectivity index (χ4n) is 6.10. The summed E-state index contributed by atoms with van der Waals surface area (Å²) in [5, 5.41) is 0. The molecule has 0 aliphatic rings. The summed E-state index contributed by atoms with van der Waals surface area (Å²) in [5.41, 5.74) is 0. The quantitative estimate of drug-likeness (QED) is 0.0515. The topological polar surface area (TPSA) is 52.6 Å². The molecule has 0 spiro atoms. The Hall–Kier alpha value is -1.06. The second-order valence-electron chi connectivity index (χ2n) is 13.6. The molecule has 0 aromatic carbocycles. The maximum atomic E-state index is 13.0. The van der Waals surface area contributed by atoms with Crippen molar-refractivity contribution in [2.45, 2.75) is 226 Å². The zero-order valence-corrected chi connectivity index (χ0v) is 30.3. The van der Waals surface area contributed by atoms with E-state index < -0.39 is 0 Å². The van der Waals surface area contributed by atoms with Crippen LogP contribution >= 0.6 is 0 Å². The van der Waals surface area contributed by atoms with Crippen molar-refractivity contribution >= 4 is 11.9 Å². The van der Waals surface area contributed by atoms with Gasteiger partial charge in [-0.1, -0.05) is 201 Å². The summed E-state index contributed by atoms with van der Waals surface area (Å²) in [6.07, 6.45) is 38.9. The molecule has 0 rings (SSSR count). The Morgan fingerprint density at radius 3 is 1.05 bits per heavy atom. The van der Waals surface area contributed by atoms with Gasteiger partial charge in [-0.3, -0.25) is 9.59 Å². The molecule has 4 heteroatoms. The molecule has 1 atom stereocenters. The minimum absolute atomic E-state index is 0.173. The molecule has 0 heterocycles. The smallest absolute Gasteiger partial charge is 0.309 e. The van der Waals surface area contributed by atoms with Gasteiger partial charge in [-0.05, 0) is 19.3 Å². The molecule has 4 nitrogen and oxygen atoms in total. The van der Waals surface area contributed by atoms with Crippen molar-refractivity contribution in [1.82, 2.24) is 0 Å². The normalized spacial score (nSPS) is 12.0. The molecule has 0 N–H and O–H groups in total. The molecule has 0 aromatic rings. The Morgan fingerprint density at radius 1 is 0.386 bits per heavy atom. The SMILES string of the molecule is CCCCCCCCCCCCOC(=O)CC(CCCCCCCCCCCC)C(=O)OCCCCCCCCCCCC. The van der Waals surface area contributed by atoms with Gasteiger partial charge in [0.1, 0.15) is 0 Å². The summed E-state index contributed by atoms with van der Waals surface area (Å²) in [6, 6.07) is 0. The Labute approximate surface area is 276 Å². The maximum absolute atomic E-state index is 13.0. The maximum Gasteiger partial charge on any atom is 0.309 e. The first-order chi connectivity index (χ1) is 21.7. The summed E-state index contributed by atoms with van der Waals surface area (Å²) in [7, 11) is 0. The van der Waals surface area contributed by atoms with E-state index in [4.69, 9.17) is 9.47 Å². The highest BCUT2D eigenvalue weighted by Crippen LogP contribution is 2.19. The monoisotopic (exact) mass is 623 g/mol. The van der Waals surface area contributed by atoms with Gasteiger partial charge in [0.25, 0.3) is 0 Å². The summed E-state index contributed by atoms with van der Waals surface area (Å²) in [4.78, 5) is 25.6. The zero-order chi connectivity index (χ0) is 32.2. The highest BCUT2D eigenvalue weighted by molar-refractivity contribution is 5.79. The van der Waals surface area contributed by atoms with Gasteiger partial charge in [-0.2, -0.15) is 0 Å². The van der Waals surface area contributed by atoms with E-state index in [1.807, 2.05) is 0 Å². The number of ether oxygens (including phenoxy) is 2. The average molecular weight is 623 g/mol. The molecule has 44 heavy (non-hydrogen) atoms. The Balaban J connectivity index is 4.21. The van der Waals surface area contributed by atoms with Crippen LogP contribution in [0.5, 0.6) is 0 Å². The third-order valence-corrected chi connectivity index (χ3v) is 9.16. The van der Waals surface area contributed by atoms with E-state index in [1.165, 1.54) is 154 Å². The van der Waals surface area contributed by atoms with E-state index in [0.29, 0.717) is 13.2 Å². The van der Waals surface area contributed by atoms with Gasteiger partial charge >= 0.3 is 11.9 Å². The number of unbranched alkanes of at least 4 members (excludes halogenated alkanes) is 27. The predicted octanol–water partition coefficient (Wildman–Crippen LogP) is 13.2. The minimum atomic E-state index is -0.354. The third kappa shape index (κ3) is 32.3. The van der Waals surface area contributed by atoms with Gasteiger partial charge < -0.3 is 9.47 Å². The fourth-order valence-corrected chi connectivity index (χ4v) is 6.10. The zero-order valence-electron chi connectivity index (χ0n) is 30.3. The van der Waals surface area contributed by atoms with Crippen LogP contribution < -0.4 is 0 Å². The van der Waals surface area contributed by atoms with Crippen LogP contribution in [-0.2, 0) is 19.1 Å². The molecule has 262 valence electrons. The lowest BCUT2D eigenvalue weighted by molar-refractivity contribution is -0.155. The summed E-state index contributed by atoms with van der Waals surface area (Å²) < 4.78 is 11.2. The van der Waals surface area contributed by atoms with E-state index in [1.54, 1.807) is 0 Å². The highest BCUT2D eigenvalue weighted by Gasteiger charge is 2.24. The number of carbonyl (C=O) groups is 2. The van der Waals surface area contributed by atoms with E-state index >= 15 is 0 Å². The van der Waals surface area contributed by atoms with Gasteiger partial charge in [0.2, 0.25) is 0 Å². The van der Waals surface area contributed by atoms with Gasteiger partial charge in [-0.15, -0.1) is 0 Å². The summed E-state index contributed by atoms with van der Waals surface area (Å²) in [6.45, 7) is 7.75. The molecule has 0 saturated carbocycles. The number of rotatable bonds is 36. The molecule has 0 fully saturated rings. The summed E-state index contributed by atoms with van der Waals surface area (Å²) >= 11 is 0. The second-order valence-corrected chi connectivity index (χ2v) is 13.6. The van der Waals surface area contributed by atoms with Crippen molar-refractivity contribution in [3.8, 4) is 0 Å². The van der Waals surface area contributed by atoms with Gasteiger partial charge in [-0.25, -0.2) is 0 Å². The first-order valence-electron chi connectivity index (χ1n) is 20.0. The molecular weight excluding hydrogens is 544 g/mol. The van der Waals surface area contributed by atoms with E-state index in [-0.39, 0.29) is 24.3 Å². The van der Waals surface area contributed by atoms with Crippen LogP contribution in [0, 0.1) is 5.92 Å². The van der Waals surface area contributed by atoms with Crippen LogP contribution in [0.3, 0.4) is 0 Å². The van der Waals surface area contributed by atoms with Crippen molar-refractivity contribution < 1.29 is 19.1 Å². The molecule has 0 aromatic heterocycles. The van der Waals surface area contributed by atoms with Crippen molar-refractivity contribution in [3.63, 3.8) is 0 Å². The largest absolute Gasteiger partial charge is 0.466 e. The lowest BCUT2D eigenvalue weighted by Gasteiger charge is -2.16. The Kier molecular flexibility index (Phi) is 35.5. The summed E-state index contributed by atoms with van der Waals surface area (Å²) in [5.74, 6) is -0.769. The third-order valence-electron chi connectivity index (χ3n) is 9.16. The molecule has 0 radical (unpaired) electrons. The van der Waals surface area contributed by atoms with Crippen LogP contribution in [0.25, 0.3) is 0 Å². The van der Waals surface area contributed by atoms with Crippen molar-refractivity contribution in [2.75, 3.05) is 13.2 Å². The molecule has 0 aliphatic carbocycles. The predicted molar refractivity (Wildman–Crippen MR) is 190 cm³/mol. The lowest BCUT2D eigenvalue weighted by Crippen LogP contribution is -2.23. The van der Waals surface area contributed by atoms with Crippen LogP contribution in [0.2, 0.25) is 0 Å². The molecule has 0 aliphatic heterocycles. The molecule has 1 unspecified atom stereocenters. The van der Waals surface area contributed by atoms with Crippen LogP contribution in [0.1, 0.15) is 226 Å². The van der Waals surface area contributed by atoms with Crippen molar-refractivity contribution in [3.05, 3.63) is 0 Å². The van der Waals surface area contributed by atoms with Crippen LogP contribution in [0.15, 0.2) is 0 Å². The van der Waals surface area contributed by atoms with Crippen LogP contribution in [-0.4, -0.2) is 25.2 Å². The van der Waals surface area contributed by atoms with E-state index in [0.717, 1.165) is 44.9 Å². The number of hydrogen-bond acceptors (Lipinski definition) is 4. The number of carbonyl (C=O) groups excluding carboxylic acids is 2. The van der Waals surface area contributed by atoms with Crippen molar-refractivity contribution in [2.24, 2.45) is 5.92 Å². The molecule has 0 saturated heterocycles. The van der Waals surface area contributed by atoms with Gasteiger partial charge in [0.05, 0.1) is 25.6 Å². The minimum Gasteiger partial charge on any atom is -0.466 e. The molecule has 0 amide bonds.